The maximum absolute atomic E-state index is 12.7. The summed E-state index contributed by atoms with van der Waals surface area (Å²) in [6, 6.07) is 0. The zero-order valence-electron chi connectivity index (χ0n) is 8.58. The number of aliphatic hydroxyl groups is 2. The van der Waals surface area contributed by atoms with Crippen molar-refractivity contribution in [2.24, 2.45) is 0 Å². The molecule has 7 nitrogen and oxygen atoms in total. The van der Waals surface area contributed by atoms with Crippen molar-refractivity contribution in [2.45, 2.75) is 31.8 Å². The number of rotatable bonds is 5. The van der Waals surface area contributed by atoms with Crippen LogP contribution >= 0.6 is 0 Å². The number of aryl methyl sites for hydroxylation is 1. The quantitative estimate of drug-likeness (QED) is 0.429. The number of aromatic nitrogens is 2. The van der Waals surface area contributed by atoms with Crippen LogP contribution in [0.15, 0.2) is 12.4 Å². The number of alkyl halides is 1. The van der Waals surface area contributed by atoms with Crippen LogP contribution in [0.5, 0.6) is 0 Å². The Kier molecular flexibility index (Phi) is 3.55. The molecule has 0 amide bonds. The van der Waals surface area contributed by atoms with E-state index in [1.807, 2.05) is 0 Å². The summed E-state index contributed by atoms with van der Waals surface area (Å²) in [6.07, 6.45) is 0.335. The molecule has 0 aromatic carbocycles. The molecule has 0 saturated heterocycles. The minimum Gasteiger partial charge on any atom is -0.390 e. The third kappa shape index (κ3) is 2.74. The molecule has 1 heterocycles. The predicted octanol–water partition coefficient (Wildman–Crippen LogP) is 0.220. The molecule has 0 bridgehead atoms. The van der Waals surface area contributed by atoms with Crippen molar-refractivity contribution in [2.75, 3.05) is 0 Å². The van der Waals surface area contributed by atoms with E-state index in [0.717, 1.165) is 11.5 Å². The van der Waals surface area contributed by atoms with Gasteiger partial charge in [-0.05, 0) is 11.8 Å². The maximum atomic E-state index is 12.7. The highest BCUT2D eigenvalue weighted by molar-refractivity contribution is 5.06. The predicted molar refractivity (Wildman–Crippen MR) is 51.2 cm³/mol. The first kappa shape index (κ1) is 12.5. The molecular formula is C8H12FN3O4. The summed E-state index contributed by atoms with van der Waals surface area (Å²) in [5.74, 6) is -2.90. The highest BCUT2D eigenvalue weighted by Gasteiger charge is 2.32. The average Bonchev–Trinajstić information content (AvgIpc) is 2.62. The van der Waals surface area contributed by atoms with Gasteiger partial charge in [-0.1, -0.05) is 4.98 Å². The van der Waals surface area contributed by atoms with Gasteiger partial charge in [0.05, 0.1) is 6.54 Å². The molecular weight excluding hydrogens is 220 g/mol. The number of halogens is 1. The number of imidazole rings is 1. The molecule has 1 atom stereocenters. The van der Waals surface area contributed by atoms with Crippen LogP contribution in [0.3, 0.4) is 0 Å². The first-order chi connectivity index (χ1) is 7.34. The molecule has 0 fully saturated rings. The Morgan fingerprint density at radius 2 is 2.38 bits per heavy atom. The fraction of sp³-hybridized carbons (Fsp3) is 0.625. The zero-order chi connectivity index (χ0) is 12.3. The molecule has 0 radical (unpaired) electrons. The van der Waals surface area contributed by atoms with Crippen molar-refractivity contribution in [3.63, 3.8) is 0 Å². The topological polar surface area (TPSA) is 101 Å². The van der Waals surface area contributed by atoms with E-state index in [-0.39, 0.29) is 13.0 Å². The van der Waals surface area contributed by atoms with Gasteiger partial charge in [0.2, 0.25) is 0 Å². The van der Waals surface area contributed by atoms with Crippen molar-refractivity contribution in [3.8, 4) is 0 Å². The molecule has 8 heteroatoms. The van der Waals surface area contributed by atoms with E-state index in [9.17, 15) is 24.7 Å². The number of hydrogen-bond donors (Lipinski definition) is 2. The van der Waals surface area contributed by atoms with E-state index in [1.165, 1.54) is 12.4 Å². The summed E-state index contributed by atoms with van der Waals surface area (Å²) in [6.45, 7) is 0.903. The first-order valence-corrected chi connectivity index (χ1v) is 4.59. The van der Waals surface area contributed by atoms with E-state index >= 15 is 0 Å². The lowest BCUT2D eigenvalue weighted by Gasteiger charge is -2.22. The summed E-state index contributed by atoms with van der Waals surface area (Å²) in [5, 5.41) is 28.9. The monoisotopic (exact) mass is 232 g/mol. The van der Waals surface area contributed by atoms with E-state index in [1.54, 1.807) is 0 Å². The Hall–Kier alpha value is -1.54. The van der Waals surface area contributed by atoms with Crippen LogP contribution < -0.4 is 0 Å². The van der Waals surface area contributed by atoms with E-state index in [4.69, 9.17) is 0 Å². The lowest BCUT2D eigenvalue weighted by Crippen LogP contribution is -2.38. The second-order valence-electron chi connectivity index (χ2n) is 3.42. The second-order valence-corrected chi connectivity index (χ2v) is 3.42. The summed E-state index contributed by atoms with van der Waals surface area (Å²) < 4.78 is 13.8. The Labute approximate surface area is 90.3 Å². The van der Waals surface area contributed by atoms with Crippen molar-refractivity contribution in [1.29, 1.82) is 0 Å². The SMILES string of the molecule is CC([18F])C(O)(O)CCn1ccnc1[N+](=O)[O-]. The normalized spacial score (nSPS) is 13.8. The molecule has 0 spiro atoms. The minimum absolute atomic E-state index is 0.0996. The van der Waals surface area contributed by atoms with Crippen molar-refractivity contribution in [3.05, 3.63) is 22.5 Å². The van der Waals surface area contributed by atoms with Crippen LogP contribution in [0, 0.1) is 10.1 Å². The summed E-state index contributed by atoms with van der Waals surface area (Å²) in [7, 11) is 0. The molecule has 90 valence electrons. The van der Waals surface area contributed by atoms with Gasteiger partial charge in [0.1, 0.15) is 12.4 Å². The van der Waals surface area contributed by atoms with Crippen LogP contribution in [-0.2, 0) is 6.54 Å². The van der Waals surface area contributed by atoms with Crippen LogP contribution in [0.4, 0.5) is 10.3 Å². The van der Waals surface area contributed by atoms with Crippen LogP contribution in [0.25, 0.3) is 0 Å². The molecule has 0 saturated carbocycles. The van der Waals surface area contributed by atoms with Gasteiger partial charge in [0.25, 0.3) is 0 Å². The van der Waals surface area contributed by atoms with Gasteiger partial charge in [-0.2, -0.15) is 0 Å². The lowest BCUT2D eigenvalue weighted by molar-refractivity contribution is -0.396. The van der Waals surface area contributed by atoms with Crippen molar-refractivity contribution in [1.82, 2.24) is 9.55 Å². The molecule has 16 heavy (non-hydrogen) atoms. The van der Waals surface area contributed by atoms with E-state index < -0.39 is 22.8 Å². The smallest absolute Gasteiger partial charge is 0.390 e. The van der Waals surface area contributed by atoms with Gasteiger partial charge < -0.3 is 20.3 Å². The van der Waals surface area contributed by atoms with E-state index in [2.05, 4.69) is 4.98 Å². The Morgan fingerprint density at radius 1 is 1.75 bits per heavy atom. The maximum Gasteiger partial charge on any atom is 0.434 e. The highest BCUT2D eigenvalue weighted by Crippen LogP contribution is 2.17. The third-order valence-corrected chi connectivity index (χ3v) is 2.21. The van der Waals surface area contributed by atoms with Crippen LogP contribution in [0.1, 0.15) is 13.3 Å². The van der Waals surface area contributed by atoms with Crippen LogP contribution in [-0.4, -0.2) is 36.6 Å². The summed E-state index contributed by atoms with van der Waals surface area (Å²) in [4.78, 5) is 13.2. The minimum atomic E-state index is -2.49. The fourth-order valence-electron chi connectivity index (χ4n) is 1.13. The molecule has 1 aromatic rings. The molecule has 0 aliphatic rings. The van der Waals surface area contributed by atoms with Gasteiger partial charge in [-0.25, -0.2) is 8.96 Å². The highest BCUT2D eigenvalue weighted by atomic mass is 18.2. The second kappa shape index (κ2) is 4.54. The molecule has 2 N–H and O–H groups in total. The van der Waals surface area contributed by atoms with Gasteiger partial charge in [-0.15, -0.1) is 0 Å². The standard InChI is InChI=1S/C8H12FN3O4/c1-6(9)8(13,14)2-4-11-5-3-10-7(11)12(15)16/h3,5-6,13-14H,2,4H2,1H3/i9-1. The van der Waals surface area contributed by atoms with Gasteiger partial charge in [-0.3, -0.25) is 0 Å². The number of nitrogens with zero attached hydrogens (tertiary/aromatic N) is 3. The molecule has 1 unspecified atom stereocenters. The fourth-order valence-corrected chi connectivity index (χ4v) is 1.13. The lowest BCUT2D eigenvalue weighted by atomic mass is 10.1. The molecule has 0 aliphatic carbocycles. The third-order valence-electron chi connectivity index (χ3n) is 2.21. The first-order valence-electron chi connectivity index (χ1n) is 4.59. The van der Waals surface area contributed by atoms with Crippen molar-refractivity contribution >= 4 is 5.95 Å². The molecule has 0 aliphatic heterocycles. The Balaban J connectivity index is 2.68. The van der Waals surface area contributed by atoms with Gasteiger partial charge in [0.15, 0.2) is 12.0 Å². The summed E-state index contributed by atoms with van der Waals surface area (Å²) in [5.41, 5.74) is 0. The Bertz CT molecular complexity index is 377. The van der Waals surface area contributed by atoms with Crippen molar-refractivity contribution < 1.29 is 19.5 Å². The van der Waals surface area contributed by atoms with Crippen LogP contribution in [0.2, 0.25) is 0 Å². The number of nitro groups is 1. The van der Waals surface area contributed by atoms with E-state index in [0.29, 0.717) is 0 Å². The largest absolute Gasteiger partial charge is 0.434 e. The van der Waals surface area contributed by atoms with Gasteiger partial charge >= 0.3 is 5.95 Å². The Morgan fingerprint density at radius 3 is 2.88 bits per heavy atom. The molecule has 1 aromatic heterocycles. The average molecular weight is 232 g/mol. The summed E-state index contributed by atoms with van der Waals surface area (Å²) >= 11 is 0. The van der Waals surface area contributed by atoms with Gasteiger partial charge in [0, 0.05) is 6.42 Å². The molecule has 1 rings (SSSR count). The zero-order valence-corrected chi connectivity index (χ0v) is 8.58. The number of hydrogen-bond acceptors (Lipinski definition) is 5.